The summed E-state index contributed by atoms with van der Waals surface area (Å²) in [7, 11) is 0. The van der Waals surface area contributed by atoms with E-state index in [1.807, 2.05) is 0 Å². The molecule has 5 rings (SSSR count). The van der Waals surface area contributed by atoms with E-state index in [4.69, 9.17) is 16.3 Å². The lowest BCUT2D eigenvalue weighted by Crippen LogP contribution is -2.27. The van der Waals surface area contributed by atoms with Gasteiger partial charge < -0.3 is 9.84 Å². The zero-order valence-corrected chi connectivity index (χ0v) is 22.0. The molecule has 2 aromatic carbocycles. The molecule has 3 heterocycles. The van der Waals surface area contributed by atoms with Crippen molar-refractivity contribution in [2.24, 2.45) is 0 Å². The summed E-state index contributed by atoms with van der Waals surface area (Å²) in [5.41, 5.74) is -1.09. The molecule has 13 heteroatoms. The van der Waals surface area contributed by atoms with Crippen LogP contribution in [0.15, 0.2) is 52.9 Å². The molecular formula is C27H16ClF3N4O4S. The molecular weight excluding hydrogens is 569 g/mol. The van der Waals surface area contributed by atoms with Gasteiger partial charge in [0.1, 0.15) is 24.3 Å². The second-order valence-electron chi connectivity index (χ2n) is 8.65. The highest BCUT2D eigenvalue weighted by Gasteiger charge is 2.32. The number of rotatable bonds is 6. The number of pyridine rings is 1. The molecule has 0 aliphatic carbocycles. The predicted molar refractivity (Wildman–Crippen MR) is 143 cm³/mol. The van der Waals surface area contributed by atoms with Crippen LogP contribution >= 0.6 is 22.9 Å². The predicted octanol–water partition coefficient (Wildman–Crippen LogP) is 6.30. The van der Waals surface area contributed by atoms with Crippen molar-refractivity contribution in [3.8, 4) is 22.9 Å². The molecule has 5 aromatic rings. The fourth-order valence-corrected chi connectivity index (χ4v) is 5.58. The van der Waals surface area contributed by atoms with Crippen LogP contribution in [-0.4, -0.2) is 32.2 Å². The summed E-state index contributed by atoms with van der Waals surface area (Å²) >= 11 is 7.49. The molecule has 8 nitrogen and oxygen atoms in total. The molecule has 0 aliphatic heterocycles. The fraction of sp³-hybridized carbons (Fsp3) is 0.148. The van der Waals surface area contributed by atoms with E-state index in [1.54, 1.807) is 30.5 Å². The highest BCUT2D eigenvalue weighted by atomic mass is 35.5. The Morgan fingerprint density at radius 1 is 1.23 bits per heavy atom. The van der Waals surface area contributed by atoms with Crippen LogP contribution in [-0.2, 0) is 12.7 Å². The van der Waals surface area contributed by atoms with Gasteiger partial charge in [0, 0.05) is 44.0 Å². The molecule has 0 amide bonds. The number of ether oxygens (including phenoxy) is 1. The lowest BCUT2D eigenvalue weighted by molar-refractivity contribution is -0.137. The fourth-order valence-electron chi connectivity index (χ4n) is 4.36. The molecule has 0 unspecified atom stereocenters. The Kier molecular flexibility index (Phi) is 6.95. The number of nitriles is 1. The highest BCUT2D eigenvalue weighted by Crippen LogP contribution is 2.40. The van der Waals surface area contributed by atoms with E-state index in [-0.39, 0.29) is 35.4 Å². The minimum absolute atomic E-state index is 0.0216. The zero-order valence-electron chi connectivity index (χ0n) is 20.4. The van der Waals surface area contributed by atoms with Crippen LogP contribution in [0.4, 0.5) is 13.2 Å². The summed E-state index contributed by atoms with van der Waals surface area (Å²) in [6.45, 7) is 1.41. The van der Waals surface area contributed by atoms with Crippen molar-refractivity contribution in [2.45, 2.75) is 19.6 Å². The van der Waals surface area contributed by atoms with E-state index in [2.05, 4.69) is 9.97 Å². The number of aryl methyl sites for hydroxylation is 1. The van der Waals surface area contributed by atoms with Gasteiger partial charge in [-0.15, -0.1) is 11.3 Å². The third kappa shape index (κ3) is 4.85. The number of carbonyl (C=O) groups is 1. The number of carboxylic acids is 1. The smallest absolute Gasteiger partial charge is 0.416 e. The molecule has 40 heavy (non-hydrogen) atoms. The first-order valence-corrected chi connectivity index (χ1v) is 12.8. The van der Waals surface area contributed by atoms with Crippen LogP contribution < -0.4 is 10.3 Å². The molecule has 0 spiro atoms. The quantitative estimate of drug-likeness (QED) is 0.249. The number of aromatic carboxylic acids is 1. The number of carboxylic acid groups (broad SMARTS) is 1. The molecule has 0 bridgehead atoms. The minimum atomic E-state index is -4.70. The first kappa shape index (κ1) is 27.1. The van der Waals surface area contributed by atoms with E-state index in [1.165, 1.54) is 34.4 Å². The van der Waals surface area contributed by atoms with Crippen molar-refractivity contribution in [2.75, 3.05) is 6.61 Å². The number of thiophene rings is 1. The molecule has 0 saturated carbocycles. The van der Waals surface area contributed by atoms with Gasteiger partial charge in [-0.1, -0.05) is 11.6 Å². The SMILES string of the molecule is Cc1nc2cc(C(F)(F)F)cc(C#N)c2c(=O)n1CCOc1ccc(Cl)cc1-c1cncc2c(C(=O)O)csc12. The number of hydrogen-bond acceptors (Lipinski definition) is 7. The van der Waals surface area contributed by atoms with Gasteiger partial charge in [0.05, 0.1) is 34.1 Å². The average molecular weight is 585 g/mol. The molecule has 0 atom stereocenters. The molecule has 0 aliphatic rings. The number of hydrogen-bond donors (Lipinski definition) is 1. The summed E-state index contributed by atoms with van der Waals surface area (Å²) in [6.07, 6.45) is -1.66. The van der Waals surface area contributed by atoms with E-state index in [0.717, 1.165) is 6.07 Å². The lowest BCUT2D eigenvalue weighted by Gasteiger charge is -2.16. The molecule has 3 aromatic heterocycles. The number of nitrogens with zero attached hydrogens (tertiary/aromatic N) is 4. The van der Waals surface area contributed by atoms with E-state index < -0.39 is 28.8 Å². The lowest BCUT2D eigenvalue weighted by atomic mass is 10.0. The maximum Gasteiger partial charge on any atom is 0.416 e. The number of aromatic nitrogens is 3. The van der Waals surface area contributed by atoms with Crippen molar-refractivity contribution < 1.29 is 27.8 Å². The Bertz CT molecular complexity index is 1930. The van der Waals surface area contributed by atoms with Gasteiger partial charge in [-0.25, -0.2) is 9.78 Å². The minimum Gasteiger partial charge on any atom is -0.491 e. The third-order valence-electron chi connectivity index (χ3n) is 6.21. The monoisotopic (exact) mass is 584 g/mol. The first-order valence-electron chi connectivity index (χ1n) is 11.5. The Balaban J connectivity index is 1.49. The van der Waals surface area contributed by atoms with Crippen molar-refractivity contribution in [3.63, 3.8) is 0 Å². The van der Waals surface area contributed by atoms with Crippen molar-refractivity contribution in [3.05, 3.63) is 86.0 Å². The Hall–Kier alpha value is -4.47. The second-order valence-corrected chi connectivity index (χ2v) is 9.97. The maximum atomic E-state index is 13.3. The van der Waals surface area contributed by atoms with E-state index >= 15 is 0 Å². The van der Waals surface area contributed by atoms with Crippen LogP contribution in [0.1, 0.15) is 27.3 Å². The van der Waals surface area contributed by atoms with Crippen molar-refractivity contribution >= 4 is 49.9 Å². The second kappa shape index (κ2) is 10.3. The van der Waals surface area contributed by atoms with Gasteiger partial charge in [-0.2, -0.15) is 18.4 Å². The Morgan fingerprint density at radius 3 is 2.70 bits per heavy atom. The largest absolute Gasteiger partial charge is 0.491 e. The normalized spacial score (nSPS) is 11.6. The van der Waals surface area contributed by atoms with Gasteiger partial charge in [0.15, 0.2) is 0 Å². The third-order valence-corrected chi connectivity index (χ3v) is 7.48. The highest BCUT2D eigenvalue weighted by molar-refractivity contribution is 7.18. The number of halogens is 4. The first-order chi connectivity index (χ1) is 19.0. The van der Waals surface area contributed by atoms with Crippen LogP contribution in [0, 0.1) is 18.3 Å². The molecule has 0 saturated heterocycles. The van der Waals surface area contributed by atoms with Gasteiger partial charge in [-0.3, -0.25) is 14.3 Å². The molecule has 0 radical (unpaired) electrons. The topological polar surface area (TPSA) is 118 Å². The Morgan fingerprint density at radius 2 is 2.00 bits per heavy atom. The van der Waals surface area contributed by atoms with Crippen molar-refractivity contribution in [1.29, 1.82) is 5.26 Å². The maximum absolute atomic E-state index is 13.3. The summed E-state index contributed by atoms with van der Waals surface area (Å²) in [5, 5.41) is 21.1. The molecule has 202 valence electrons. The van der Waals surface area contributed by atoms with Crippen LogP contribution in [0.2, 0.25) is 5.02 Å². The van der Waals surface area contributed by atoms with Crippen LogP contribution in [0.5, 0.6) is 5.75 Å². The summed E-state index contributed by atoms with van der Waals surface area (Å²) in [4.78, 5) is 33.2. The molecule has 0 fully saturated rings. The van der Waals surface area contributed by atoms with Gasteiger partial charge >= 0.3 is 12.1 Å². The van der Waals surface area contributed by atoms with Crippen LogP contribution in [0.25, 0.3) is 32.1 Å². The van der Waals surface area contributed by atoms with E-state index in [0.29, 0.717) is 38.1 Å². The van der Waals surface area contributed by atoms with E-state index in [9.17, 15) is 33.1 Å². The van der Waals surface area contributed by atoms with Gasteiger partial charge in [-0.05, 0) is 37.3 Å². The van der Waals surface area contributed by atoms with Crippen molar-refractivity contribution in [1.82, 2.24) is 14.5 Å². The standard InChI is InChI=1S/C27H16ClF3N4O4S/c1-13-34-21-7-15(27(29,30)31)6-14(9-32)23(21)25(36)35(13)4-5-39-22-3-2-16(28)8-17(22)18-10-33-11-19-20(26(37)38)12-40-24(18)19/h2-3,6-8,10-12H,4-5H2,1H3,(H,37,38). The molecule has 1 N–H and O–H groups in total. The number of benzene rings is 2. The summed E-state index contributed by atoms with van der Waals surface area (Å²) in [5.74, 6) is -0.544. The Labute approximate surface area is 232 Å². The van der Waals surface area contributed by atoms with Gasteiger partial charge in [0.25, 0.3) is 5.56 Å². The zero-order chi connectivity index (χ0) is 28.8. The number of fused-ring (bicyclic) bond motifs is 2. The summed E-state index contributed by atoms with van der Waals surface area (Å²) < 4.78 is 47.7. The van der Waals surface area contributed by atoms with Crippen LogP contribution in [0.3, 0.4) is 0 Å². The van der Waals surface area contributed by atoms with Gasteiger partial charge in [0.2, 0.25) is 0 Å². The number of alkyl halides is 3. The summed E-state index contributed by atoms with van der Waals surface area (Å²) in [6, 6.07) is 7.94. The average Bonchev–Trinajstić information content (AvgIpc) is 3.34.